The fourth-order valence-electron chi connectivity index (χ4n) is 1.10. The summed E-state index contributed by atoms with van der Waals surface area (Å²) in [6.07, 6.45) is 3.24. The van der Waals surface area contributed by atoms with Crippen molar-refractivity contribution < 1.29 is 5.11 Å². The van der Waals surface area contributed by atoms with E-state index in [2.05, 4.69) is 13.8 Å². The Morgan fingerprint density at radius 1 is 1.22 bits per heavy atom. The summed E-state index contributed by atoms with van der Waals surface area (Å²) in [4.78, 5) is 0. The third-order valence-corrected chi connectivity index (χ3v) is 1.83. The minimum Gasteiger partial charge on any atom is -0.393 e. The fourth-order valence-corrected chi connectivity index (χ4v) is 1.10. The summed E-state index contributed by atoms with van der Waals surface area (Å²) in [7, 11) is 0. The molecule has 0 bridgehead atoms. The van der Waals surface area contributed by atoms with E-state index in [1.165, 1.54) is 12.8 Å². The molecule has 0 aliphatic rings. The zero-order chi connectivity index (χ0) is 7.28. The van der Waals surface area contributed by atoms with Gasteiger partial charge in [-0.15, -0.1) is 0 Å². The molecule has 9 heavy (non-hydrogen) atoms. The Morgan fingerprint density at radius 3 is 1.78 bits per heavy atom. The second-order valence-corrected chi connectivity index (χ2v) is 2.77. The highest BCUT2D eigenvalue weighted by molar-refractivity contribution is 4.57. The van der Waals surface area contributed by atoms with Crippen LogP contribution in [0.25, 0.3) is 0 Å². The van der Waals surface area contributed by atoms with Gasteiger partial charge < -0.3 is 5.11 Å². The van der Waals surface area contributed by atoms with Crippen LogP contribution in [0.15, 0.2) is 0 Å². The first-order valence-corrected chi connectivity index (χ1v) is 3.88. The quantitative estimate of drug-likeness (QED) is 0.618. The maximum absolute atomic E-state index is 8.98. The molecule has 1 atom stereocenters. The molecule has 0 aromatic heterocycles. The molecule has 0 aliphatic carbocycles. The van der Waals surface area contributed by atoms with Gasteiger partial charge in [-0.2, -0.15) is 0 Å². The van der Waals surface area contributed by atoms with Crippen LogP contribution >= 0.6 is 0 Å². The minimum atomic E-state index is -0.116. The van der Waals surface area contributed by atoms with Crippen molar-refractivity contribution in [3.8, 4) is 0 Å². The Kier molecular flexibility index (Phi) is 4.78. The predicted molar refractivity (Wildman–Crippen MR) is 40.4 cm³/mol. The molecule has 0 aliphatic heterocycles. The largest absolute Gasteiger partial charge is 0.393 e. The molecule has 56 valence electrons. The van der Waals surface area contributed by atoms with E-state index in [0.717, 1.165) is 12.3 Å². The molecule has 0 saturated carbocycles. The molecule has 0 rings (SSSR count). The summed E-state index contributed by atoms with van der Waals surface area (Å²) in [5, 5.41) is 8.98. The first kappa shape index (κ1) is 8.96. The zero-order valence-corrected chi connectivity index (χ0v) is 6.72. The van der Waals surface area contributed by atoms with Crippen LogP contribution in [0.2, 0.25) is 0 Å². The van der Waals surface area contributed by atoms with Crippen LogP contribution in [-0.2, 0) is 0 Å². The molecular weight excluding hydrogens is 112 g/mol. The lowest BCUT2D eigenvalue weighted by molar-refractivity contribution is 0.157. The van der Waals surface area contributed by atoms with Crippen LogP contribution in [0.3, 0.4) is 0 Å². The van der Waals surface area contributed by atoms with E-state index < -0.39 is 0 Å². The highest BCUT2D eigenvalue weighted by Crippen LogP contribution is 2.13. The third-order valence-electron chi connectivity index (χ3n) is 1.83. The molecule has 0 saturated heterocycles. The lowest BCUT2D eigenvalue weighted by atomic mass is 9.97. The standard InChI is InChI=1S/C8H18O/c1-4-8(5-2)6-7(3)9/h7-9H,4-6H2,1-3H3/t7-/m1/s1. The predicted octanol–water partition coefficient (Wildman–Crippen LogP) is 2.19. The maximum Gasteiger partial charge on any atom is 0.0514 e. The van der Waals surface area contributed by atoms with Crippen molar-refractivity contribution in [3.63, 3.8) is 0 Å². The van der Waals surface area contributed by atoms with Crippen molar-refractivity contribution in [2.45, 2.75) is 46.1 Å². The smallest absolute Gasteiger partial charge is 0.0514 e. The van der Waals surface area contributed by atoms with Gasteiger partial charge in [0.25, 0.3) is 0 Å². The lowest BCUT2D eigenvalue weighted by Gasteiger charge is -2.12. The summed E-state index contributed by atoms with van der Waals surface area (Å²) in [6.45, 7) is 6.21. The van der Waals surface area contributed by atoms with Gasteiger partial charge in [0.1, 0.15) is 0 Å². The van der Waals surface area contributed by atoms with Gasteiger partial charge in [-0.1, -0.05) is 26.7 Å². The summed E-state index contributed by atoms with van der Waals surface area (Å²) >= 11 is 0. The van der Waals surface area contributed by atoms with Crippen molar-refractivity contribution in [2.24, 2.45) is 5.92 Å². The van der Waals surface area contributed by atoms with E-state index >= 15 is 0 Å². The van der Waals surface area contributed by atoms with Gasteiger partial charge in [-0.3, -0.25) is 0 Å². The summed E-state index contributed by atoms with van der Waals surface area (Å²) < 4.78 is 0. The van der Waals surface area contributed by atoms with Gasteiger partial charge >= 0.3 is 0 Å². The van der Waals surface area contributed by atoms with E-state index in [1.807, 2.05) is 6.92 Å². The molecule has 0 amide bonds. The number of aliphatic hydroxyl groups is 1. The van der Waals surface area contributed by atoms with Gasteiger partial charge in [0, 0.05) is 0 Å². The van der Waals surface area contributed by atoms with Gasteiger partial charge in [0.2, 0.25) is 0 Å². The van der Waals surface area contributed by atoms with Crippen LogP contribution < -0.4 is 0 Å². The lowest BCUT2D eigenvalue weighted by Crippen LogP contribution is -2.07. The van der Waals surface area contributed by atoms with E-state index in [0.29, 0.717) is 0 Å². The Labute approximate surface area is 58.1 Å². The molecule has 1 nitrogen and oxygen atoms in total. The summed E-state index contributed by atoms with van der Waals surface area (Å²) in [6, 6.07) is 0. The van der Waals surface area contributed by atoms with Gasteiger partial charge in [-0.05, 0) is 19.3 Å². The summed E-state index contributed by atoms with van der Waals surface area (Å²) in [5.74, 6) is 0.727. The summed E-state index contributed by atoms with van der Waals surface area (Å²) in [5.41, 5.74) is 0. The highest BCUT2D eigenvalue weighted by Gasteiger charge is 2.05. The molecule has 0 aromatic rings. The number of rotatable bonds is 4. The first-order valence-electron chi connectivity index (χ1n) is 3.88. The number of hydrogen-bond donors (Lipinski definition) is 1. The van der Waals surface area contributed by atoms with Crippen molar-refractivity contribution in [1.29, 1.82) is 0 Å². The molecule has 0 radical (unpaired) electrons. The van der Waals surface area contributed by atoms with Crippen LogP contribution in [0.1, 0.15) is 40.0 Å². The molecule has 0 fully saturated rings. The topological polar surface area (TPSA) is 20.2 Å². The second kappa shape index (κ2) is 4.80. The molecule has 0 heterocycles. The number of aliphatic hydroxyl groups excluding tert-OH is 1. The van der Waals surface area contributed by atoms with Gasteiger partial charge in [-0.25, -0.2) is 0 Å². The molecule has 0 spiro atoms. The number of hydrogen-bond acceptors (Lipinski definition) is 1. The van der Waals surface area contributed by atoms with Crippen LogP contribution in [-0.4, -0.2) is 11.2 Å². The van der Waals surface area contributed by atoms with Crippen LogP contribution in [0, 0.1) is 5.92 Å². The Bertz CT molecular complexity index is 55.6. The Hall–Kier alpha value is -0.0400. The molecule has 0 aromatic carbocycles. The minimum absolute atomic E-state index is 0.116. The molecule has 0 unspecified atom stereocenters. The highest BCUT2D eigenvalue weighted by atomic mass is 16.3. The first-order chi connectivity index (χ1) is 4.20. The van der Waals surface area contributed by atoms with Crippen LogP contribution in [0.4, 0.5) is 0 Å². The molecule has 1 heteroatoms. The van der Waals surface area contributed by atoms with E-state index in [-0.39, 0.29) is 6.10 Å². The zero-order valence-electron chi connectivity index (χ0n) is 6.72. The maximum atomic E-state index is 8.98. The Balaban J connectivity index is 3.31. The van der Waals surface area contributed by atoms with Gasteiger partial charge in [0.15, 0.2) is 0 Å². The molecular formula is C8H18O. The van der Waals surface area contributed by atoms with Crippen molar-refractivity contribution >= 4 is 0 Å². The van der Waals surface area contributed by atoms with Crippen LogP contribution in [0.5, 0.6) is 0 Å². The monoisotopic (exact) mass is 130 g/mol. The average molecular weight is 130 g/mol. The van der Waals surface area contributed by atoms with E-state index in [1.54, 1.807) is 0 Å². The molecule has 1 N–H and O–H groups in total. The van der Waals surface area contributed by atoms with E-state index in [9.17, 15) is 0 Å². The normalized spacial score (nSPS) is 14.3. The van der Waals surface area contributed by atoms with Crippen molar-refractivity contribution in [2.75, 3.05) is 0 Å². The Morgan fingerprint density at radius 2 is 1.67 bits per heavy atom. The fraction of sp³-hybridized carbons (Fsp3) is 1.00. The average Bonchev–Trinajstić information content (AvgIpc) is 1.82. The third kappa shape index (κ3) is 4.46. The SMILES string of the molecule is CCC(CC)C[C@@H](C)O. The van der Waals surface area contributed by atoms with E-state index in [4.69, 9.17) is 5.11 Å². The van der Waals surface area contributed by atoms with Gasteiger partial charge in [0.05, 0.1) is 6.10 Å². The van der Waals surface area contributed by atoms with Crippen molar-refractivity contribution in [3.05, 3.63) is 0 Å². The van der Waals surface area contributed by atoms with Crippen molar-refractivity contribution in [1.82, 2.24) is 0 Å². The second-order valence-electron chi connectivity index (χ2n) is 2.77.